The fourth-order valence-corrected chi connectivity index (χ4v) is 3.52. The van der Waals surface area contributed by atoms with E-state index in [0.29, 0.717) is 42.5 Å². The van der Waals surface area contributed by atoms with Crippen LogP contribution in [0.1, 0.15) is 96.0 Å². The van der Waals surface area contributed by atoms with E-state index in [1.807, 2.05) is 33.1 Å². The van der Waals surface area contributed by atoms with Crippen LogP contribution in [-0.4, -0.2) is 94.5 Å². The zero-order valence-electron chi connectivity index (χ0n) is 28.6. The Bertz CT molecular complexity index is 1380. The van der Waals surface area contributed by atoms with E-state index in [4.69, 9.17) is 25.5 Å². The maximum absolute atomic E-state index is 11.8. The lowest BCUT2D eigenvalue weighted by Gasteiger charge is -2.14. The molecule has 2 aromatic heterocycles. The van der Waals surface area contributed by atoms with Gasteiger partial charge in [-0.3, -0.25) is 34.4 Å². The third-order valence-corrected chi connectivity index (χ3v) is 5.81. The first kappa shape index (κ1) is 44.8. The molecule has 0 radical (unpaired) electrons. The number of carbonyl (C=O) groups is 5. The summed E-state index contributed by atoms with van der Waals surface area (Å²) >= 11 is 8.46. The van der Waals surface area contributed by atoms with Crippen LogP contribution in [0.15, 0.2) is 29.8 Å². The van der Waals surface area contributed by atoms with Crippen molar-refractivity contribution in [3.8, 4) is 12.0 Å². The largest absolute Gasteiger partial charge is 0.481 e. The van der Waals surface area contributed by atoms with Gasteiger partial charge in [-0.1, -0.05) is 27.7 Å². The van der Waals surface area contributed by atoms with Gasteiger partial charge in [-0.15, -0.1) is 0 Å². The molecule has 0 aliphatic heterocycles. The lowest BCUT2D eigenvalue weighted by atomic mass is 10.1. The molecule has 0 unspecified atom stereocenters. The average Bonchev–Trinajstić information content (AvgIpc) is 2.99. The molecule has 49 heavy (non-hydrogen) atoms. The molecule has 0 saturated heterocycles. The number of hydrogen-bond donors (Lipinski definition) is 6. The first-order valence-corrected chi connectivity index (χ1v) is 15.9. The monoisotopic (exact) mass is 725 g/mol. The number of carboxylic acid groups (broad SMARTS) is 2. The van der Waals surface area contributed by atoms with Gasteiger partial charge in [0.2, 0.25) is 5.91 Å². The van der Waals surface area contributed by atoms with Crippen LogP contribution in [0.4, 0.5) is 0 Å². The van der Waals surface area contributed by atoms with Crippen molar-refractivity contribution in [2.45, 2.75) is 89.6 Å². The predicted molar refractivity (Wildman–Crippen MR) is 189 cm³/mol. The van der Waals surface area contributed by atoms with Crippen LogP contribution in [0, 0.1) is 0 Å². The molecule has 1 amide bonds. The molecule has 0 saturated carbocycles. The van der Waals surface area contributed by atoms with E-state index in [-0.39, 0.29) is 71.6 Å². The Morgan fingerprint density at radius 3 is 1.51 bits per heavy atom. The number of ketones is 2. The highest BCUT2D eigenvalue weighted by Crippen LogP contribution is 2.17. The van der Waals surface area contributed by atoms with Crippen LogP contribution >= 0.6 is 25.3 Å². The van der Waals surface area contributed by atoms with Crippen molar-refractivity contribution in [1.82, 2.24) is 25.4 Å². The molecule has 0 aromatic carbocycles. The molecule has 5 N–H and O–H groups in total. The molecule has 0 spiro atoms. The van der Waals surface area contributed by atoms with Crippen molar-refractivity contribution in [2.24, 2.45) is 10.8 Å². The van der Waals surface area contributed by atoms with Gasteiger partial charge in [0.25, 0.3) is 0 Å². The number of aliphatic carboxylic acids is 2. The Hall–Kier alpha value is -4.16. The number of aliphatic imine (C=N–C) groups is 1. The third-order valence-electron chi connectivity index (χ3n) is 5.49. The maximum atomic E-state index is 11.8. The van der Waals surface area contributed by atoms with Crippen molar-refractivity contribution in [3.63, 3.8) is 0 Å². The quantitative estimate of drug-likeness (QED) is 0.0246. The minimum atomic E-state index is -0.864. The second-order valence-electron chi connectivity index (χ2n) is 11.7. The number of rotatable bonds is 18. The Labute approximate surface area is 296 Å². The Kier molecular flexibility index (Phi) is 21.3. The van der Waals surface area contributed by atoms with Gasteiger partial charge in [0, 0.05) is 71.2 Å². The van der Waals surface area contributed by atoms with E-state index in [1.165, 1.54) is 19.3 Å². The molecule has 0 aliphatic carbocycles. The zero-order chi connectivity index (χ0) is 37.6. The molecule has 0 fully saturated rings. The van der Waals surface area contributed by atoms with Crippen LogP contribution in [0.25, 0.3) is 0 Å². The highest BCUT2D eigenvalue weighted by molar-refractivity contribution is 7.82. The molecular formula is C31H47N7O9S2. The van der Waals surface area contributed by atoms with E-state index in [1.54, 1.807) is 19.3 Å². The van der Waals surface area contributed by atoms with Gasteiger partial charge in [-0.05, 0) is 26.7 Å². The van der Waals surface area contributed by atoms with Gasteiger partial charge < -0.3 is 19.7 Å². The molecule has 2 rings (SSSR count). The minimum Gasteiger partial charge on any atom is -0.481 e. The Morgan fingerprint density at radius 2 is 1.18 bits per heavy atom. The number of carbonyl (C=O) groups excluding carboxylic acids is 3. The number of thiol groups is 2. The van der Waals surface area contributed by atoms with Crippen LogP contribution in [0.3, 0.4) is 0 Å². The van der Waals surface area contributed by atoms with E-state index < -0.39 is 11.9 Å². The summed E-state index contributed by atoms with van der Waals surface area (Å²) < 4.78 is 9.73. The Morgan fingerprint density at radius 1 is 0.776 bits per heavy atom. The van der Waals surface area contributed by atoms with E-state index in [0.717, 1.165) is 0 Å². The van der Waals surface area contributed by atoms with E-state index in [9.17, 15) is 24.0 Å². The minimum absolute atomic E-state index is 0.0219. The van der Waals surface area contributed by atoms with Crippen LogP contribution in [-0.2, 0) is 19.2 Å². The van der Waals surface area contributed by atoms with Crippen molar-refractivity contribution in [3.05, 3.63) is 35.9 Å². The summed E-state index contributed by atoms with van der Waals surface area (Å²) in [5.41, 5.74) is 3.81. The number of carboxylic acids is 2. The fraction of sp³-hybridized carbons (Fsp3) is 0.548. The zero-order valence-corrected chi connectivity index (χ0v) is 30.4. The number of hydrazine groups is 1. The summed E-state index contributed by atoms with van der Waals surface area (Å²) in [5, 5.41) is 16.9. The molecule has 2 aromatic rings. The van der Waals surface area contributed by atoms with Gasteiger partial charge in [0.1, 0.15) is 0 Å². The highest BCUT2D eigenvalue weighted by atomic mass is 32.1. The van der Waals surface area contributed by atoms with Crippen molar-refractivity contribution >= 4 is 60.4 Å². The SMILES string of the molecule is CC(=NCC(=O)CC(C)(C)S)c1cnc(OCCCC(=O)O)nc1.CC(=O)c1cnc(OCCCC(=O)O)nc1.CC(C)(S)CC(=O)NN. The fourth-order valence-electron chi connectivity index (χ4n) is 3.20. The smallest absolute Gasteiger partial charge is 0.316 e. The topological polar surface area (TPSA) is 246 Å². The lowest BCUT2D eigenvalue weighted by Crippen LogP contribution is -2.34. The van der Waals surface area contributed by atoms with Crippen LogP contribution in [0.2, 0.25) is 0 Å². The molecule has 0 atom stereocenters. The molecule has 272 valence electrons. The summed E-state index contributed by atoms with van der Waals surface area (Å²) in [5.74, 6) is 2.84. The van der Waals surface area contributed by atoms with Crippen LogP contribution in [0.5, 0.6) is 12.0 Å². The molecule has 2 heterocycles. The summed E-state index contributed by atoms with van der Waals surface area (Å²) in [6.07, 6.45) is 7.45. The molecule has 18 heteroatoms. The number of ether oxygens (including phenoxy) is 2. The number of Topliss-reactive ketones (excluding diaryl/α,β-unsaturated/α-hetero) is 2. The van der Waals surface area contributed by atoms with Crippen LogP contribution < -0.4 is 20.7 Å². The van der Waals surface area contributed by atoms with Gasteiger partial charge >= 0.3 is 24.0 Å². The first-order valence-electron chi connectivity index (χ1n) is 15.0. The standard InChI is InChI=1S/C16H23N3O4S.C10H12N2O4.C5H12N2OS/c1-11(17-10-13(20)7-16(2,3)24)12-8-18-15(19-9-12)23-6-4-5-14(21)22;1-7(13)8-5-11-10(12-6-8)16-4-2-3-9(14)15;1-5(2,9)3-4(8)7-6/h8-9,24H,4-7,10H2,1-3H3,(H,21,22);5-6H,2-4H2,1H3,(H,14,15);9H,3,6H2,1-2H3,(H,7,8). The maximum Gasteiger partial charge on any atom is 0.316 e. The number of nitrogens with zero attached hydrogens (tertiary/aromatic N) is 5. The molecule has 0 aliphatic rings. The number of hydrogen-bond acceptors (Lipinski definition) is 15. The number of aromatic nitrogens is 4. The Balaban J connectivity index is 0.000000790. The number of amides is 1. The molecule has 16 nitrogen and oxygen atoms in total. The van der Waals surface area contributed by atoms with Gasteiger partial charge in [-0.2, -0.15) is 25.3 Å². The van der Waals surface area contributed by atoms with Crippen molar-refractivity contribution in [1.29, 1.82) is 0 Å². The summed E-state index contributed by atoms with van der Waals surface area (Å²) in [6, 6.07) is 0.334. The summed E-state index contributed by atoms with van der Waals surface area (Å²) in [4.78, 5) is 73.8. The lowest BCUT2D eigenvalue weighted by molar-refractivity contribution is -0.138. The highest BCUT2D eigenvalue weighted by Gasteiger charge is 2.17. The predicted octanol–water partition coefficient (Wildman–Crippen LogP) is 3.19. The normalized spacial score (nSPS) is 11.2. The van der Waals surface area contributed by atoms with Gasteiger partial charge in [0.15, 0.2) is 11.6 Å². The first-order chi connectivity index (χ1) is 22.7. The van der Waals surface area contributed by atoms with Gasteiger partial charge in [-0.25, -0.2) is 25.8 Å². The molecule has 0 bridgehead atoms. The third kappa shape index (κ3) is 25.5. The second kappa shape index (κ2) is 23.2. The van der Waals surface area contributed by atoms with E-state index >= 15 is 0 Å². The summed E-state index contributed by atoms with van der Waals surface area (Å²) in [7, 11) is 0. The average molecular weight is 726 g/mol. The van der Waals surface area contributed by atoms with Crippen molar-refractivity contribution in [2.75, 3.05) is 19.8 Å². The summed E-state index contributed by atoms with van der Waals surface area (Å²) in [6.45, 7) is 11.3. The number of nitrogens with one attached hydrogen (secondary N) is 1. The second-order valence-corrected chi connectivity index (χ2v) is 14.2. The number of nitrogens with two attached hydrogens (primary N) is 1. The van der Waals surface area contributed by atoms with Gasteiger partial charge in [0.05, 0.1) is 25.3 Å². The van der Waals surface area contributed by atoms with Crippen molar-refractivity contribution < 1.29 is 43.7 Å². The molecular weight excluding hydrogens is 679 g/mol. The van der Waals surface area contributed by atoms with E-state index in [2.05, 4.69) is 50.2 Å².